The average Bonchev–Trinajstić information content (AvgIpc) is 3.37. The lowest BCUT2D eigenvalue weighted by Crippen LogP contribution is -2.28. The minimum absolute atomic E-state index is 0.106. The first-order valence-corrected chi connectivity index (χ1v) is 12.7. The third-order valence-corrected chi connectivity index (χ3v) is 7.45. The Hall–Kier alpha value is -3.01. The summed E-state index contributed by atoms with van der Waals surface area (Å²) in [6.45, 7) is 2.18. The molecule has 0 spiro atoms. The number of azo groups is 1. The molecule has 0 radical (unpaired) electrons. The van der Waals surface area contributed by atoms with E-state index in [0.717, 1.165) is 48.8 Å². The van der Waals surface area contributed by atoms with Gasteiger partial charge >= 0.3 is 0 Å². The van der Waals surface area contributed by atoms with E-state index in [1.165, 1.54) is 0 Å². The highest BCUT2D eigenvalue weighted by atomic mass is 32.2. The maximum Gasteiger partial charge on any atom is 0.239 e. The van der Waals surface area contributed by atoms with Crippen LogP contribution in [0.4, 0.5) is 0 Å². The monoisotopic (exact) mass is 462 g/mol. The van der Waals surface area contributed by atoms with E-state index in [4.69, 9.17) is 5.14 Å². The van der Waals surface area contributed by atoms with E-state index in [-0.39, 0.29) is 11.6 Å². The molecule has 1 fully saturated rings. The van der Waals surface area contributed by atoms with Gasteiger partial charge in [-0.05, 0) is 73.5 Å². The summed E-state index contributed by atoms with van der Waals surface area (Å²) in [5.41, 5.74) is 3.52. The second-order valence-electron chi connectivity index (χ2n) is 8.49. The molecule has 9 heteroatoms. The molecule has 0 unspecified atom stereocenters. The Bertz CT molecular complexity index is 1360. The Labute approximate surface area is 193 Å². The number of para-hydroxylation sites is 1. The van der Waals surface area contributed by atoms with Crippen molar-refractivity contribution in [2.24, 2.45) is 26.3 Å². The van der Waals surface area contributed by atoms with Crippen LogP contribution in [0.25, 0.3) is 22.0 Å². The number of benzene rings is 2. The molecule has 1 saturated heterocycles. The maximum absolute atomic E-state index is 13.0. The quantitative estimate of drug-likeness (QED) is 0.580. The minimum Gasteiger partial charge on any atom is -0.317 e. The predicted octanol–water partition coefficient (Wildman–Crippen LogP) is 3.65. The van der Waals surface area contributed by atoms with E-state index >= 15 is 0 Å². The van der Waals surface area contributed by atoms with Gasteiger partial charge < -0.3 is 5.32 Å². The van der Waals surface area contributed by atoms with Crippen LogP contribution in [0.15, 0.2) is 68.8 Å². The molecule has 0 amide bonds. The molecule has 5 rings (SSSR count). The smallest absolute Gasteiger partial charge is 0.239 e. The Kier molecular flexibility index (Phi) is 6.01. The molecule has 0 saturated carbocycles. The molecule has 0 bridgehead atoms. The first-order valence-electron chi connectivity index (χ1n) is 11.2. The predicted molar refractivity (Wildman–Crippen MR) is 129 cm³/mol. The number of amidine groups is 1. The molecule has 8 nitrogen and oxygen atoms in total. The normalized spacial score (nSPS) is 16.9. The van der Waals surface area contributed by atoms with Crippen molar-refractivity contribution in [2.45, 2.75) is 30.6 Å². The minimum atomic E-state index is -4.05. The number of nitrogens with two attached hydrogens (primary N) is 1. The molecular formula is C24H26N6O2S. The first-order chi connectivity index (χ1) is 16.0. The van der Waals surface area contributed by atoms with Gasteiger partial charge in [0.2, 0.25) is 10.0 Å². The van der Waals surface area contributed by atoms with Crippen LogP contribution in [-0.2, 0) is 16.4 Å². The molecule has 1 aromatic heterocycles. The number of aromatic nitrogens is 1. The van der Waals surface area contributed by atoms with Crippen LogP contribution < -0.4 is 10.5 Å². The highest BCUT2D eigenvalue weighted by Crippen LogP contribution is 2.37. The van der Waals surface area contributed by atoms with Crippen LogP contribution in [0.2, 0.25) is 0 Å². The number of nitrogens with one attached hydrogen (secondary N) is 1. The van der Waals surface area contributed by atoms with Gasteiger partial charge in [-0.25, -0.2) is 18.5 Å². The second kappa shape index (κ2) is 9.09. The second-order valence-corrected chi connectivity index (χ2v) is 9.99. The Balaban J connectivity index is 1.69. The number of hydrogen-bond donors (Lipinski definition) is 2. The van der Waals surface area contributed by atoms with Crippen molar-refractivity contribution in [3.05, 3.63) is 59.8 Å². The fourth-order valence-electron chi connectivity index (χ4n) is 4.81. The lowest BCUT2D eigenvalue weighted by atomic mass is 9.89. The average molecular weight is 463 g/mol. The topological polar surface area (TPSA) is 122 Å². The third-order valence-electron chi connectivity index (χ3n) is 6.42. The van der Waals surface area contributed by atoms with Crippen molar-refractivity contribution >= 4 is 26.8 Å². The van der Waals surface area contributed by atoms with Crippen molar-refractivity contribution in [3.8, 4) is 11.1 Å². The summed E-state index contributed by atoms with van der Waals surface area (Å²) in [7, 11) is -4.05. The Morgan fingerprint density at radius 3 is 2.61 bits per heavy atom. The van der Waals surface area contributed by atoms with Crippen LogP contribution in [0, 0.1) is 5.92 Å². The SMILES string of the molecule is NS(=O)(=O)c1c(CCC2CCNCC2)ccc(-c2ccnc3ccccc23)c1C1=NCN=N1. The summed E-state index contributed by atoms with van der Waals surface area (Å²) in [5.74, 6) is 0.869. The molecule has 2 aromatic carbocycles. The Morgan fingerprint density at radius 1 is 1.03 bits per heavy atom. The van der Waals surface area contributed by atoms with Crippen LogP contribution in [0.1, 0.15) is 30.4 Å². The van der Waals surface area contributed by atoms with Gasteiger partial charge in [-0.15, -0.1) is 5.11 Å². The van der Waals surface area contributed by atoms with E-state index in [2.05, 4.69) is 25.5 Å². The summed E-state index contributed by atoms with van der Waals surface area (Å²) in [6.07, 6.45) is 5.46. The molecule has 2 aliphatic rings. The van der Waals surface area contributed by atoms with E-state index < -0.39 is 10.0 Å². The summed E-state index contributed by atoms with van der Waals surface area (Å²) in [4.78, 5) is 8.93. The van der Waals surface area contributed by atoms with Gasteiger partial charge in [-0.2, -0.15) is 5.11 Å². The molecule has 0 atom stereocenters. The number of sulfonamides is 1. The van der Waals surface area contributed by atoms with E-state index in [0.29, 0.717) is 34.9 Å². The van der Waals surface area contributed by atoms with Gasteiger partial charge in [-0.1, -0.05) is 30.3 Å². The third kappa shape index (κ3) is 4.44. The lowest BCUT2D eigenvalue weighted by Gasteiger charge is -2.23. The molecule has 3 N–H and O–H groups in total. The highest BCUT2D eigenvalue weighted by molar-refractivity contribution is 7.89. The van der Waals surface area contributed by atoms with Crippen molar-refractivity contribution in [1.82, 2.24) is 10.3 Å². The molecular weight excluding hydrogens is 436 g/mol. The fourth-order valence-corrected chi connectivity index (χ4v) is 5.83. The summed E-state index contributed by atoms with van der Waals surface area (Å²) in [5, 5.41) is 18.3. The highest BCUT2D eigenvalue weighted by Gasteiger charge is 2.28. The van der Waals surface area contributed by atoms with Crippen molar-refractivity contribution in [2.75, 3.05) is 19.8 Å². The molecule has 170 valence electrons. The summed E-state index contributed by atoms with van der Waals surface area (Å²) >= 11 is 0. The maximum atomic E-state index is 13.0. The number of fused-ring (bicyclic) bond motifs is 1. The zero-order chi connectivity index (χ0) is 22.8. The number of aliphatic imine (C=N–C) groups is 1. The number of pyridine rings is 1. The van der Waals surface area contributed by atoms with Crippen LogP contribution in [0.3, 0.4) is 0 Å². The van der Waals surface area contributed by atoms with Crippen molar-refractivity contribution in [3.63, 3.8) is 0 Å². The number of primary sulfonamides is 1. The zero-order valence-corrected chi connectivity index (χ0v) is 19.1. The molecule has 3 heterocycles. The van der Waals surface area contributed by atoms with Gasteiger partial charge in [0.25, 0.3) is 0 Å². The van der Waals surface area contributed by atoms with Gasteiger partial charge in [0, 0.05) is 17.1 Å². The van der Waals surface area contributed by atoms with Crippen molar-refractivity contribution < 1.29 is 8.42 Å². The fraction of sp³-hybridized carbons (Fsp3) is 0.333. The van der Waals surface area contributed by atoms with Gasteiger partial charge in [0.05, 0.1) is 10.4 Å². The number of nitrogens with zero attached hydrogens (tertiary/aromatic N) is 4. The summed E-state index contributed by atoms with van der Waals surface area (Å²) in [6, 6.07) is 13.5. The molecule has 0 aliphatic carbocycles. The van der Waals surface area contributed by atoms with Crippen LogP contribution >= 0.6 is 0 Å². The van der Waals surface area contributed by atoms with E-state index in [1.54, 1.807) is 6.20 Å². The molecule has 33 heavy (non-hydrogen) atoms. The first kappa shape index (κ1) is 21.8. The van der Waals surface area contributed by atoms with Crippen LogP contribution in [0.5, 0.6) is 0 Å². The van der Waals surface area contributed by atoms with E-state index in [1.807, 2.05) is 42.5 Å². The van der Waals surface area contributed by atoms with Crippen LogP contribution in [-0.4, -0.2) is 39.0 Å². The van der Waals surface area contributed by atoms with Gasteiger partial charge in [0.15, 0.2) is 12.5 Å². The largest absolute Gasteiger partial charge is 0.317 e. The number of hydrogen-bond acceptors (Lipinski definition) is 7. The zero-order valence-electron chi connectivity index (χ0n) is 18.2. The number of rotatable bonds is 6. The molecule has 2 aliphatic heterocycles. The number of aryl methyl sites for hydroxylation is 1. The van der Waals surface area contributed by atoms with E-state index in [9.17, 15) is 8.42 Å². The molecule has 3 aromatic rings. The number of piperidine rings is 1. The standard InChI is InChI=1S/C24H26N6O2S/c25-33(31,32)23-17(6-5-16-9-12-26-13-10-16)7-8-20(22(23)24-28-15-29-30-24)18-11-14-27-21-4-2-1-3-19(18)21/h1-4,7-8,11,14,16,26H,5-6,9-10,12-13,15H2,(H2,25,31,32). The van der Waals surface area contributed by atoms with Gasteiger partial charge in [0.1, 0.15) is 0 Å². The van der Waals surface area contributed by atoms with Crippen molar-refractivity contribution in [1.29, 1.82) is 0 Å². The Morgan fingerprint density at radius 2 is 1.85 bits per heavy atom. The lowest BCUT2D eigenvalue weighted by molar-refractivity contribution is 0.354. The van der Waals surface area contributed by atoms with Gasteiger partial charge in [-0.3, -0.25) is 4.98 Å². The summed E-state index contributed by atoms with van der Waals surface area (Å²) < 4.78 is 25.9.